The van der Waals surface area contributed by atoms with Gasteiger partial charge in [-0.3, -0.25) is 0 Å². The van der Waals surface area contributed by atoms with E-state index in [1.807, 2.05) is 11.3 Å². The van der Waals surface area contributed by atoms with Gasteiger partial charge in [-0.1, -0.05) is 6.07 Å². The zero-order chi connectivity index (χ0) is 11.5. The van der Waals surface area contributed by atoms with Crippen molar-refractivity contribution in [1.82, 2.24) is 4.98 Å². The van der Waals surface area contributed by atoms with Crippen LogP contribution in [0.5, 0.6) is 0 Å². The molecule has 0 amide bonds. The molecule has 1 N–H and O–H groups in total. The minimum absolute atomic E-state index is 0.400. The van der Waals surface area contributed by atoms with E-state index in [1.54, 1.807) is 0 Å². The summed E-state index contributed by atoms with van der Waals surface area (Å²) in [6.45, 7) is 0. The third-order valence-corrected chi connectivity index (χ3v) is 4.95. The Balaban J connectivity index is 1.70. The molecule has 2 saturated carbocycles. The summed E-state index contributed by atoms with van der Waals surface area (Å²) in [5.74, 6) is 0.739. The van der Waals surface area contributed by atoms with Crippen LogP contribution >= 0.6 is 11.3 Å². The normalized spacial score (nSPS) is 21.9. The molecule has 0 atom stereocenters. The van der Waals surface area contributed by atoms with E-state index in [-0.39, 0.29) is 0 Å². The van der Waals surface area contributed by atoms with Gasteiger partial charge in [-0.25, -0.2) is 4.98 Å². The second-order valence-electron chi connectivity index (χ2n) is 5.53. The van der Waals surface area contributed by atoms with Gasteiger partial charge in [-0.2, -0.15) is 0 Å². The third-order valence-electron chi connectivity index (χ3n) is 3.76. The lowest BCUT2D eigenvalue weighted by Crippen LogP contribution is -2.10. The standard InChI is InChI=1S/C14H15NOS/c16-14(5-6-14)8-9-1-4-12-11(7-9)15-13(17-12)10-2-3-10/h1,4,7,10,16H,2-3,5-6,8H2. The molecule has 2 nitrogen and oxygen atoms in total. The van der Waals surface area contributed by atoms with Crippen LogP contribution in [0.3, 0.4) is 0 Å². The molecule has 3 heteroatoms. The molecule has 2 fully saturated rings. The van der Waals surface area contributed by atoms with E-state index in [4.69, 9.17) is 4.98 Å². The predicted octanol–water partition coefficient (Wildman–Crippen LogP) is 3.24. The van der Waals surface area contributed by atoms with Crippen molar-refractivity contribution in [3.8, 4) is 0 Å². The van der Waals surface area contributed by atoms with Gasteiger partial charge < -0.3 is 5.11 Å². The van der Waals surface area contributed by atoms with Crippen molar-refractivity contribution in [3.63, 3.8) is 0 Å². The maximum absolute atomic E-state index is 9.94. The zero-order valence-electron chi connectivity index (χ0n) is 9.65. The van der Waals surface area contributed by atoms with Crippen molar-refractivity contribution in [2.45, 2.75) is 43.6 Å². The lowest BCUT2D eigenvalue weighted by Gasteiger charge is -2.06. The Labute approximate surface area is 104 Å². The van der Waals surface area contributed by atoms with E-state index in [1.165, 1.54) is 28.1 Å². The molecular formula is C14H15NOS. The molecule has 1 aromatic carbocycles. The molecule has 0 aliphatic heterocycles. The highest BCUT2D eigenvalue weighted by Crippen LogP contribution is 2.43. The van der Waals surface area contributed by atoms with Gasteiger partial charge in [-0.15, -0.1) is 11.3 Å². The van der Waals surface area contributed by atoms with Crippen LogP contribution in [0.2, 0.25) is 0 Å². The van der Waals surface area contributed by atoms with Gasteiger partial charge in [0.2, 0.25) is 0 Å². The van der Waals surface area contributed by atoms with Crippen LogP contribution in [0.15, 0.2) is 18.2 Å². The van der Waals surface area contributed by atoms with E-state index < -0.39 is 5.60 Å². The van der Waals surface area contributed by atoms with Gasteiger partial charge in [0.25, 0.3) is 0 Å². The maximum atomic E-state index is 9.94. The summed E-state index contributed by atoms with van der Waals surface area (Å²) in [4.78, 5) is 4.72. The predicted molar refractivity (Wildman–Crippen MR) is 69.5 cm³/mol. The summed E-state index contributed by atoms with van der Waals surface area (Å²) in [5, 5.41) is 11.2. The number of aromatic nitrogens is 1. The molecule has 88 valence electrons. The van der Waals surface area contributed by atoms with Crippen LogP contribution in [0.1, 0.15) is 42.2 Å². The van der Waals surface area contributed by atoms with Gasteiger partial charge >= 0.3 is 0 Å². The number of hydrogen-bond donors (Lipinski definition) is 1. The summed E-state index contributed by atoms with van der Waals surface area (Å²) >= 11 is 1.84. The first-order chi connectivity index (χ1) is 8.22. The summed E-state index contributed by atoms with van der Waals surface area (Å²) in [6.07, 6.45) is 5.32. The molecule has 0 spiro atoms. The molecule has 0 saturated heterocycles. The quantitative estimate of drug-likeness (QED) is 0.900. The number of benzene rings is 1. The number of thiazole rings is 1. The van der Waals surface area contributed by atoms with Gasteiger partial charge in [-0.05, 0) is 43.4 Å². The Morgan fingerprint density at radius 1 is 1.35 bits per heavy atom. The number of aliphatic hydroxyl groups is 1. The maximum Gasteiger partial charge on any atom is 0.0969 e. The van der Waals surface area contributed by atoms with Crippen molar-refractivity contribution in [2.24, 2.45) is 0 Å². The van der Waals surface area contributed by atoms with E-state index in [9.17, 15) is 5.11 Å². The zero-order valence-corrected chi connectivity index (χ0v) is 10.5. The average molecular weight is 245 g/mol. The van der Waals surface area contributed by atoms with Crippen molar-refractivity contribution in [2.75, 3.05) is 0 Å². The fraction of sp³-hybridized carbons (Fsp3) is 0.500. The van der Waals surface area contributed by atoms with E-state index >= 15 is 0 Å². The fourth-order valence-corrected chi connectivity index (χ4v) is 3.42. The highest BCUT2D eigenvalue weighted by atomic mass is 32.1. The summed E-state index contributed by atoms with van der Waals surface area (Å²) in [6, 6.07) is 6.47. The molecule has 2 aromatic rings. The Morgan fingerprint density at radius 3 is 2.88 bits per heavy atom. The highest BCUT2D eigenvalue weighted by Gasteiger charge is 2.40. The number of fused-ring (bicyclic) bond motifs is 1. The molecular weight excluding hydrogens is 230 g/mol. The number of rotatable bonds is 3. The van der Waals surface area contributed by atoms with Crippen molar-refractivity contribution >= 4 is 21.6 Å². The summed E-state index contributed by atoms with van der Waals surface area (Å²) in [7, 11) is 0. The second-order valence-corrected chi connectivity index (χ2v) is 6.59. The molecule has 4 rings (SSSR count). The van der Waals surface area contributed by atoms with Gasteiger partial charge in [0.15, 0.2) is 0 Å². The molecule has 0 radical (unpaired) electrons. The first-order valence-electron chi connectivity index (χ1n) is 6.34. The lowest BCUT2D eigenvalue weighted by molar-refractivity contribution is 0.151. The van der Waals surface area contributed by atoms with Gasteiger partial charge in [0.1, 0.15) is 0 Å². The summed E-state index contributed by atoms with van der Waals surface area (Å²) in [5.41, 5.74) is 1.95. The molecule has 0 bridgehead atoms. The summed E-state index contributed by atoms with van der Waals surface area (Å²) < 4.78 is 1.29. The molecule has 1 aromatic heterocycles. The topological polar surface area (TPSA) is 33.1 Å². The van der Waals surface area contributed by atoms with Crippen LogP contribution in [0, 0.1) is 0 Å². The van der Waals surface area contributed by atoms with Gasteiger partial charge in [0, 0.05) is 12.3 Å². The van der Waals surface area contributed by atoms with Crippen LogP contribution in [-0.4, -0.2) is 15.7 Å². The molecule has 1 heterocycles. The molecule has 2 aliphatic rings. The van der Waals surface area contributed by atoms with Crippen LogP contribution in [-0.2, 0) is 6.42 Å². The van der Waals surface area contributed by atoms with Crippen LogP contribution < -0.4 is 0 Å². The average Bonchev–Trinajstić information content (AvgIpc) is 3.21. The Kier molecular flexibility index (Phi) is 1.95. The van der Waals surface area contributed by atoms with E-state index in [0.717, 1.165) is 30.7 Å². The van der Waals surface area contributed by atoms with Crippen molar-refractivity contribution in [3.05, 3.63) is 28.8 Å². The number of hydrogen-bond acceptors (Lipinski definition) is 3. The van der Waals surface area contributed by atoms with Crippen LogP contribution in [0.4, 0.5) is 0 Å². The largest absolute Gasteiger partial charge is 0.390 e. The van der Waals surface area contributed by atoms with Crippen LogP contribution in [0.25, 0.3) is 10.2 Å². The molecule has 17 heavy (non-hydrogen) atoms. The van der Waals surface area contributed by atoms with E-state index in [2.05, 4.69) is 18.2 Å². The first kappa shape index (κ1) is 10.0. The minimum atomic E-state index is -0.400. The highest BCUT2D eigenvalue weighted by molar-refractivity contribution is 7.18. The SMILES string of the molecule is OC1(Cc2ccc3sc(C4CC4)nc3c2)CC1. The second kappa shape index (κ2) is 3.30. The number of nitrogens with zero attached hydrogens (tertiary/aromatic N) is 1. The Hall–Kier alpha value is -0.930. The smallest absolute Gasteiger partial charge is 0.0969 e. The fourth-order valence-electron chi connectivity index (χ4n) is 2.31. The lowest BCUT2D eigenvalue weighted by atomic mass is 10.1. The third kappa shape index (κ3) is 1.87. The van der Waals surface area contributed by atoms with E-state index in [0.29, 0.717) is 0 Å². The van der Waals surface area contributed by atoms with Crippen molar-refractivity contribution in [1.29, 1.82) is 0 Å². The van der Waals surface area contributed by atoms with Crippen molar-refractivity contribution < 1.29 is 5.11 Å². The van der Waals surface area contributed by atoms with Gasteiger partial charge in [0.05, 0.1) is 20.8 Å². The molecule has 0 unspecified atom stereocenters. The first-order valence-corrected chi connectivity index (χ1v) is 7.15. The molecule has 2 aliphatic carbocycles. The Morgan fingerprint density at radius 2 is 2.18 bits per heavy atom. The Bertz CT molecular complexity index is 581. The minimum Gasteiger partial charge on any atom is -0.390 e. The monoisotopic (exact) mass is 245 g/mol.